The SMILES string of the molecule is Cc1ccccc1.O=[SH](O)=S.[NaH]. The van der Waals surface area contributed by atoms with Crippen LogP contribution in [-0.2, 0) is 20.8 Å². The van der Waals surface area contributed by atoms with E-state index in [-0.39, 0.29) is 29.6 Å². The number of rotatable bonds is 0. The standard InChI is InChI=1S/C7H8.Na.H2O2S2.H/c1-7-5-3-2-4-6-7;;1-4(2)3;/h2-6H,1H3;;4H,(H,1,2,3);. The van der Waals surface area contributed by atoms with E-state index in [0.717, 1.165) is 0 Å². The Hall–Kier alpha value is 0.550. The first-order valence-corrected chi connectivity index (χ1v) is 5.20. The molecular weight excluding hydrogens is 203 g/mol. The maximum atomic E-state index is 8.96. The van der Waals surface area contributed by atoms with E-state index < -0.39 is 9.64 Å². The van der Waals surface area contributed by atoms with Crippen molar-refractivity contribution < 1.29 is 8.76 Å². The zero-order chi connectivity index (χ0) is 8.69. The molecule has 1 unspecified atom stereocenters. The molecule has 12 heavy (non-hydrogen) atoms. The number of hydrogen-bond acceptors (Lipinski definition) is 2. The quantitative estimate of drug-likeness (QED) is 0.494. The van der Waals surface area contributed by atoms with Gasteiger partial charge in [0.05, 0.1) is 0 Å². The van der Waals surface area contributed by atoms with Gasteiger partial charge < -0.3 is 4.55 Å². The van der Waals surface area contributed by atoms with E-state index in [2.05, 4.69) is 30.2 Å². The Morgan fingerprint density at radius 1 is 1.33 bits per heavy atom. The molecule has 64 valence electrons. The van der Waals surface area contributed by atoms with Crippen LogP contribution in [0.2, 0.25) is 0 Å². The van der Waals surface area contributed by atoms with E-state index in [9.17, 15) is 0 Å². The molecule has 0 aliphatic carbocycles. The number of aryl methyl sites for hydroxylation is 1. The van der Waals surface area contributed by atoms with Gasteiger partial charge in [0.15, 0.2) is 0 Å². The van der Waals surface area contributed by atoms with E-state index in [1.54, 1.807) is 0 Å². The molecule has 0 aliphatic heterocycles. The van der Waals surface area contributed by atoms with Gasteiger partial charge in [-0.1, -0.05) is 35.9 Å². The van der Waals surface area contributed by atoms with Gasteiger partial charge in [0.2, 0.25) is 0 Å². The molecule has 0 aliphatic rings. The topological polar surface area (TPSA) is 37.3 Å². The zero-order valence-corrected chi connectivity index (χ0v) is 7.81. The average Bonchev–Trinajstić information content (AvgIpc) is 1.87. The van der Waals surface area contributed by atoms with Crippen LogP contribution in [0, 0.1) is 6.92 Å². The first-order valence-electron chi connectivity index (χ1n) is 2.98. The van der Waals surface area contributed by atoms with Gasteiger partial charge in [0.25, 0.3) is 0 Å². The second-order valence-corrected chi connectivity index (χ2v) is 3.31. The van der Waals surface area contributed by atoms with Crippen LogP contribution >= 0.6 is 0 Å². The number of thiol groups is 1. The molecule has 1 aromatic rings. The summed E-state index contributed by atoms with van der Waals surface area (Å²) in [5.74, 6) is 0. The van der Waals surface area contributed by atoms with Crippen LogP contribution in [0.4, 0.5) is 0 Å². The Morgan fingerprint density at radius 2 is 1.67 bits per heavy atom. The fourth-order valence-corrected chi connectivity index (χ4v) is 0.534. The normalized spacial score (nSPS) is 10.2. The molecule has 0 radical (unpaired) electrons. The van der Waals surface area contributed by atoms with Gasteiger partial charge in [-0.05, 0) is 6.92 Å². The molecule has 0 fully saturated rings. The molecule has 0 heterocycles. The Labute approximate surface area is 101 Å². The van der Waals surface area contributed by atoms with Gasteiger partial charge in [-0.15, -0.1) is 0 Å². The summed E-state index contributed by atoms with van der Waals surface area (Å²) in [7, 11) is -2.29. The van der Waals surface area contributed by atoms with Crippen LogP contribution in [0.25, 0.3) is 0 Å². The van der Waals surface area contributed by atoms with E-state index >= 15 is 0 Å². The Kier molecular flexibility index (Phi) is 12.1. The summed E-state index contributed by atoms with van der Waals surface area (Å²) >= 11 is 3.69. The van der Waals surface area contributed by atoms with Gasteiger partial charge in [0.1, 0.15) is 9.64 Å². The van der Waals surface area contributed by atoms with Gasteiger partial charge in [0, 0.05) is 11.2 Å². The second kappa shape index (κ2) is 9.64. The first kappa shape index (κ1) is 15.0. The summed E-state index contributed by atoms with van der Waals surface area (Å²) in [4.78, 5) is 0. The van der Waals surface area contributed by atoms with E-state index in [4.69, 9.17) is 8.76 Å². The average molecular weight is 214 g/mol. The van der Waals surface area contributed by atoms with Crippen LogP contribution in [0.1, 0.15) is 5.56 Å². The van der Waals surface area contributed by atoms with E-state index in [0.29, 0.717) is 0 Å². The van der Waals surface area contributed by atoms with Crippen molar-refractivity contribution in [3.05, 3.63) is 35.9 Å². The fourth-order valence-electron chi connectivity index (χ4n) is 0.534. The third kappa shape index (κ3) is 13.2. The molecule has 2 nitrogen and oxygen atoms in total. The molecule has 0 aromatic heterocycles. The van der Waals surface area contributed by atoms with Crippen LogP contribution in [0.5, 0.6) is 0 Å². The summed E-state index contributed by atoms with van der Waals surface area (Å²) < 4.78 is 16.3. The minimum atomic E-state index is -2.29. The second-order valence-electron chi connectivity index (χ2n) is 1.89. The number of hydrogen-bond donors (Lipinski definition) is 2. The summed E-state index contributed by atoms with van der Waals surface area (Å²) in [6.07, 6.45) is 0. The molecular formula is C7H11NaO2S2. The summed E-state index contributed by atoms with van der Waals surface area (Å²) in [5.41, 5.74) is 1.32. The molecule has 0 saturated heterocycles. The third-order valence-corrected chi connectivity index (χ3v) is 0.940. The van der Waals surface area contributed by atoms with Gasteiger partial charge in [-0.3, -0.25) is 0 Å². The molecule has 1 N–H and O–H groups in total. The third-order valence-electron chi connectivity index (χ3n) is 0.940. The monoisotopic (exact) mass is 214 g/mol. The Balaban J connectivity index is 0. The molecule has 0 spiro atoms. The minimum absolute atomic E-state index is 0. The van der Waals surface area contributed by atoms with E-state index in [1.165, 1.54) is 5.56 Å². The Morgan fingerprint density at radius 3 is 1.83 bits per heavy atom. The van der Waals surface area contributed by atoms with Crippen molar-refractivity contribution in [3.8, 4) is 0 Å². The van der Waals surface area contributed by atoms with Gasteiger partial charge in [-0.2, -0.15) is 0 Å². The maximum absolute atomic E-state index is 8.96. The zero-order valence-electron chi connectivity index (χ0n) is 6.10. The molecule has 0 amide bonds. The van der Waals surface area contributed by atoms with Crippen LogP contribution in [-0.4, -0.2) is 38.3 Å². The van der Waals surface area contributed by atoms with Crippen molar-refractivity contribution >= 4 is 50.4 Å². The molecule has 1 aromatic carbocycles. The van der Waals surface area contributed by atoms with Gasteiger partial charge in [-0.25, -0.2) is 4.21 Å². The van der Waals surface area contributed by atoms with Crippen LogP contribution in [0.3, 0.4) is 0 Å². The van der Waals surface area contributed by atoms with E-state index in [1.807, 2.05) is 18.2 Å². The summed E-state index contributed by atoms with van der Waals surface area (Å²) in [6.45, 7) is 2.08. The van der Waals surface area contributed by atoms with Crippen LogP contribution in [0.15, 0.2) is 30.3 Å². The van der Waals surface area contributed by atoms with Crippen molar-refractivity contribution in [2.24, 2.45) is 0 Å². The van der Waals surface area contributed by atoms with Crippen molar-refractivity contribution in [2.75, 3.05) is 0 Å². The number of benzene rings is 1. The molecule has 0 saturated carbocycles. The van der Waals surface area contributed by atoms with Crippen molar-refractivity contribution in [2.45, 2.75) is 6.92 Å². The molecule has 0 bridgehead atoms. The van der Waals surface area contributed by atoms with Crippen molar-refractivity contribution in [3.63, 3.8) is 0 Å². The van der Waals surface area contributed by atoms with Gasteiger partial charge >= 0.3 is 29.6 Å². The molecule has 1 rings (SSSR count). The predicted octanol–water partition coefficient (Wildman–Crippen LogP) is 0.749. The van der Waals surface area contributed by atoms with Crippen molar-refractivity contribution in [1.82, 2.24) is 0 Å². The first-order chi connectivity index (χ1) is 5.13. The molecule has 5 heteroatoms. The summed E-state index contributed by atoms with van der Waals surface area (Å²) in [6, 6.07) is 10.3. The fraction of sp³-hybridized carbons (Fsp3) is 0.143. The van der Waals surface area contributed by atoms with Crippen LogP contribution < -0.4 is 0 Å². The molecule has 1 atom stereocenters. The summed E-state index contributed by atoms with van der Waals surface area (Å²) in [5, 5.41) is 0. The Bertz CT molecular complexity index is 251. The predicted molar refractivity (Wildman–Crippen MR) is 57.9 cm³/mol. The van der Waals surface area contributed by atoms with Crippen molar-refractivity contribution in [1.29, 1.82) is 0 Å².